The van der Waals surface area contributed by atoms with E-state index in [0.29, 0.717) is 0 Å². The topological polar surface area (TPSA) is 27.1 Å². The van der Waals surface area contributed by atoms with Crippen molar-refractivity contribution >= 4 is 0 Å². The molecule has 1 aromatic heterocycles. The van der Waals surface area contributed by atoms with Crippen molar-refractivity contribution in [1.29, 1.82) is 0 Å². The van der Waals surface area contributed by atoms with Crippen molar-refractivity contribution in [3.8, 4) is 0 Å². The molecule has 0 radical (unpaired) electrons. The molecular weight excluding hydrogens is 140 g/mol. The van der Waals surface area contributed by atoms with Crippen LogP contribution in [-0.4, -0.2) is 16.2 Å². The molecule has 0 N–H and O–H groups in total. The fraction of sp³-hybridized carbons (Fsp3) is 0.625. The largest absolute Gasteiger partial charge is 0.375 e. The average Bonchev–Trinajstić information content (AvgIpc) is 2.30. The maximum Gasteiger partial charge on any atom is 0.105 e. The highest BCUT2D eigenvalue weighted by molar-refractivity contribution is 5.17. The van der Waals surface area contributed by atoms with Gasteiger partial charge in [-0.3, -0.25) is 0 Å². The van der Waals surface area contributed by atoms with E-state index in [1.165, 1.54) is 11.4 Å². The molecular formula is C8H12N2O. The second kappa shape index (κ2) is 2.34. The Kier molecular flexibility index (Phi) is 1.46. The van der Waals surface area contributed by atoms with E-state index in [2.05, 4.69) is 9.55 Å². The first-order chi connectivity index (χ1) is 5.29. The van der Waals surface area contributed by atoms with E-state index in [1.807, 2.05) is 14.0 Å². The predicted octanol–water partition coefficient (Wildman–Crippen LogP) is 0.801. The quantitative estimate of drug-likeness (QED) is 0.550. The maximum absolute atomic E-state index is 5.33. The fourth-order valence-electron chi connectivity index (χ4n) is 1.44. The molecule has 0 bridgehead atoms. The lowest BCUT2D eigenvalue weighted by Gasteiger charge is -2.12. The zero-order valence-corrected chi connectivity index (χ0v) is 6.92. The molecule has 0 amide bonds. The van der Waals surface area contributed by atoms with Gasteiger partial charge in [0.2, 0.25) is 0 Å². The van der Waals surface area contributed by atoms with Crippen LogP contribution >= 0.6 is 0 Å². The van der Waals surface area contributed by atoms with Gasteiger partial charge >= 0.3 is 0 Å². The summed E-state index contributed by atoms with van der Waals surface area (Å²) >= 11 is 0. The van der Waals surface area contributed by atoms with Crippen LogP contribution in [0.25, 0.3) is 0 Å². The maximum atomic E-state index is 5.33. The van der Waals surface area contributed by atoms with Gasteiger partial charge in [-0.15, -0.1) is 0 Å². The standard InChI is InChI=1S/C8H12N2O/c1-6-9-7-3-4-11-5-8(7)10(6)2/h3-5H2,1-2H3. The van der Waals surface area contributed by atoms with E-state index in [0.717, 1.165) is 25.5 Å². The number of ether oxygens (including phenoxy) is 1. The van der Waals surface area contributed by atoms with Crippen LogP contribution < -0.4 is 0 Å². The van der Waals surface area contributed by atoms with Crippen LogP contribution in [0.5, 0.6) is 0 Å². The van der Waals surface area contributed by atoms with Gasteiger partial charge in [-0.1, -0.05) is 0 Å². The van der Waals surface area contributed by atoms with Crippen molar-refractivity contribution in [2.24, 2.45) is 7.05 Å². The van der Waals surface area contributed by atoms with Crippen LogP contribution in [0.15, 0.2) is 0 Å². The normalized spacial score (nSPS) is 16.5. The Morgan fingerprint density at radius 3 is 3.09 bits per heavy atom. The summed E-state index contributed by atoms with van der Waals surface area (Å²) in [6.07, 6.45) is 0.969. The fourth-order valence-corrected chi connectivity index (χ4v) is 1.44. The van der Waals surface area contributed by atoms with Crippen molar-refractivity contribution in [2.45, 2.75) is 20.0 Å². The van der Waals surface area contributed by atoms with Crippen LogP contribution in [0.4, 0.5) is 0 Å². The van der Waals surface area contributed by atoms with Crippen LogP contribution in [0.2, 0.25) is 0 Å². The Balaban J connectivity index is 2.50. The van der Waals surface area contributed by atoms with Gasteiger partial charge in [-0.05, 0) is 6.92 Å². The zero-order valence-electron chi connectivity index (χ0n) is 6.92. The molecule has 0 saturated carbocycles. The third kappa shape index (κ3) is 0.959. The monoisotopic (exact) mass is 152 g/mol. The molecule has 1 aliphatic heterocycles. The molecule has 0 saturated heterocycles. The summed E-state index contributed by atoms with van der Waals surface area (Å²) in [5, 5.41) is 0. The van der Waals surface area contributed by atoms with E-state index in [4.69, 9.17) is 4.74 Å². The van der Waals surface area contributed by atoms with E-state index in [9.17, 15) is 0 Å². The van der Waals surface area contributed by atoms with Crippen molar-refractivity contribution < 1.29 is 4.74 Å². The van der Waals surface area contributed by atoms with Gasteiger partial charge in [0, 0.05) is 13.5 Å². The first-order valence-corrected chi connectivity index (χ1v) is 3.88. The molecule has 0 atom stereocenters. The highest BCUT2D eigenvalue weighted by Crippen LogP contribution is 2.15. The van der Waals surface area contributed by atoms with E-state index in [1.54, 1.807) is 0 Å². The minimum atomic E-state index is 0.729. The third-order valence-corrected chi connectivity index (χ3v) is 2.24. The van der Waals surface area contributed by atoms with Crippen LogP contribution in [0.1, 0.15) is 17.2 Å². The smallest absolute Gasteiger partial charge is 0.105 e. The number of rotatable bonds is 0. The molecule has 1 aromatic rings. The van der Waals surface area contributed by atoms with Crippen LogP contribution in [-0.2, 0) is 24.8 Å². The number of aromatic nitrogens is 2. The number of hydrogen-bond acceptors (Lipinski definition) is 2. The second-order valence-corrected chi connectivity index (χ2v) is 2.91. The summed E-state index contributed by atoms with van der Waals surface area (Å²) in [6, 6.07) is 0. The lowest BCUT2D eigenvalue weighted by molar-refractivity contribution is 0.105. The van der Waals surface area contributed by atoms with E-state index >= 15 is 0 Å². The van der Waals surface area contributed by atoms with Crippen LogP contribution in [0.3, 0.4) is 0 Å². The Bertz CT molecular complexity index is 278. The van der Waals surface area contributed by atoms with Crippen molar-refractivity contribution in [3.05, 3.63) is 17.2 Å². The number of fused-ring (bicyclic) bond motifs is 1. The summed E-state index contributed by atoms with van der Waals surface area (Å²) in [6.45, 7) is 3.58. The molecule has 11 heavy (non-hydrogen) atoms. The van der Waals surface area contributed by atoms with Crippen molar-refractivity contribution in [3.63, 3.8) is 0 Å². The first kappa shape index (κ1) is 6.85. The Morgan fingerprint density at radius 2 is 2.36 bits per heavy atom. The number of hydrogen-bond donors (Lipinski definition) is 0. The molecule has 0 spiro atoms. The highest BCUT2D eigenvalue weighted by atomic mass is 16.5. The average molecular weight is 152 g/mol. The SMILES string of the molecule is Cc1nc2c(n1C)COCC2. The summed E-state index contributed by atoms with van der Waals surface area (Å²) in [7, 11) is 2.04. The number of aryl methyl sites for hydroxylation is 1. The minimum Gasteiger partial charge on any atom is -0.375 e. The molecule has 2 heterocycles. The molecule has 0 aromatic carbocycles. The molecule has 3 heteroatoms. The third-order valence-electron chi connectivity index (χ3n) is 2.24. The first-order valence-electron chi connectivity index (χ1n) is 3.88. The molecule has 0 aliphatic carbocycles. The van der Waals surface area contributed by atoms with Gasteiger partial charge in [0.15, 0.2) is 0 Å². The van der Waals surface area contributed by atoms with E-state index in [-0.39, 0.29) is 0 Å². The number of imidazole rings is 1. The molecule has 0 unspecified atom stereocenters. The van der Waals surface area contributed by atoms with Gasteiger partial charge in [-0.2, -0.15) is 0 Å². The Labute approximate surface area is 66.0 Å². The predicted molar refractivity (Wildman–Crippen MR) is 41.3 cm³/mol. The van der Waals surface area contributed by atoms with Crippen LogP contribution in [0, 0.1) is 6.92 Å². The minimum absolute atomic E-state index is 0.729. The Morgan fingerprint density at radius 1 is 1.55 bits per heavy atom. The van der Waals surface area contributed by atoms with Gasteiger partial charge in [0.25, 0.3) is 0 Å². The Hall–Kier alpha value is -0.830. The molecule has 1 aliphatic rings. The summed E-state index contributed by atoms with van der Waals surface area (Å²) in [5.74, 6) is 1.08. The van der Waals surface area contributed by atoms with Crippen molar-refractivity contribution in [2.75, 3.05) is 6.61 Å². The van der Waals surface area contributed by atoms with Gasteiger partial charge in [0.1, 0.15) is 5.82 Å². The summed E-state index contributed by atoms with van der Waals surface area (Å²) in [4.78, 5) is 4.43. The molecule has 2 rings (SSSR count). The molecule has 0 fully saturated rings. The summed E-state index contributed by atoms with van der Waals surface area (Å²) < 4.78 is 7.43. The van der Waals surface area contributed by atoms with Gasteiger partial charge < -0.3 is 9.30 Å². The highest BCUT2D eigenvalue weighted by Gasteiger charge is 2.15. The zero-order chi connectivity index (χ0) is 7.84. The lowest BCUT2D eigenvalue weighted by Crippen LogP contribution is -2.11. The molecule has 3 nitrogen and oxygen atoms in total. The van der Waals surface area contributed by atoms with Gasteiger partial charge in [0.05, 0.1) is 24.6 Å². The lowest BCUT2D eigenvalue weighted by atomic mass is 10.2. The van der Waals surface area contributed by atoms with Gasteiger partial charge in [-0.25, -0.2) is 4.98 Å². The molecule has 60 valence electrons. The van der Waals surface area contributed by atoms with E-state index < -0.39 is 0 Å². The number of nitrogens with zero attached hydrogens (tertiary/aromatic N) is 2. The summed E-state index contributed by atoms with van der Waals surface area (Å²) in [5.41, 5.74) is 2.46. The second-order valence-electron chi connectivity index (χ2n) is 2.91. The van der Waals surface area contributed by atoms with Crippen molar-refractivity contribution in [1.82, 2.24) is 9.55 Å².